The highest BCUT2D eigenvalue weighted by Gasteiger charge is 2.77. The summed E-state index contributed by atoms with van der Waals surface area (Å²) < 4.78 is 6.70. The standard InChI is InChI=1S/C27H21Br2N3O4.CH4O/c1-32-13-19(23(33)14-7-9-16(36-2)10-8-14)26(17-5-3-4-6-21(17)30-24(26)34)27(32)18-11-15(28)12-20(29)22(18)31-25(27)35;1-2/h3-12,19H,13H2,1-2H3,(H,30,34)(H,31,35);2H,1H3/t19-,26+,27+;/m0./s1. The zero-order valence-corrected chi connectivity index (χ0v) is 24.0. The molecule has 3 N–H and O–H groups in total. The van der Waals surface area contributed by atoms with Gasteiger partial charge in [-0.1, -0.05) is 34.1 Å². The average Bonchev–Trinajstić information content (AvgIpc) is 3.50. The highest BCUT2D eigenvalue weighted by molar-refractivity contribution is 9.11. The summed E-state index contributed by atoms with van der Waals surface area (Å²) in [5, 5.41) is 13.0. The summed E-state index contributed by atoms with van der Waals surface area (Å²) in [5.74, 6) is -1.10. The van der Waals surface area contributed by atoms with Crippen molar-refractivity contribution in [3.63, 3.8) is 0 Å². The normalized spacial score (nSPS) is 24.9. The van der Waals surface area contributed by atoms with Crippen LogP contribution in [0.5, 0.6) is 5.75 Å². The minimum absolute atomic E-state index is 0.205. The highest BCUT2D eigenvalue weighted by Crippen LogP contribution is 2.64. The maximum absolute atomic E-state index is 14.2. The van der Waals surface area contributed by atoms with E-state index in [1.165, 1.54) is 0 Å². The van der Waals surface area contributed by atoms with Gasteiger partial charge in [0.15, 0.2) is 5.78 Å². The minimum atomic E-state index is -1.50. The van der Waals surface area contributed by atoms with E-state index in [1.807, 2.05) is 41.3 Å². The van der Waals surface area contributed by atoms with Gasteiger partial charge in [0.1, 0.15) is 16.7 Å². The lowest BCUT2D eigenvalue weighted by Gasteiger charge is -2.42. The van der Waals surface area contributed by atoms with Crippen LogP contribution in [-0.4, -0.2) is 55.4 Å². The molecule has 0 unspecified atom stereocenters. The maximum atomic E-state index is 14.2. The number of Topliss-reactive ketones (excluding diaryl/α,β-unsaturated/α-hetero) is 1. The molecule has 0 radical (unpaired) electrons. The Morgan fingerprint density at radius 2 is 1.68 bits per heavy atom. The van der Waals surface area contributed by atoms with Crippen molar-refractivity contribution < 1.29 is 24.2 Å². The first-order chi connectivity index (χ1) is 18.3. The Morgan fingerprint density at radius 1 is 1.00 bits per heavy atom. The maximum Gasteiger partial charge on any atom is 0.251 e. The molecule has 2 amide bonds. The molecular weight excluding hydrogens is 618 g/mol. The number of carbonyl (C=O) groups excluding carboxylic acids is 3. The van der Waals surface area contributed by atoms with Gasteiger partial charge in [-0.3, -0.25) is 19.3 Å². The molecule has 2 spiro atoms. The van der Waals surface area contributed by atoms with Gasteiger partial charge in [0, 0.05) is 39.4 Å². The SMILES string of the molecule is CO.COc1ccc(C(=O)[C@@H]2CN(C)[C@]3(C(=O)Nc4c(Br)cc(Br)cc43)[C@@]23C(=O)Nc2ccccc23)cc1. The first kappa shape index (κ1) is 26.6. The Balaban J connectivity index is 0.00000144. The molecule has 3 atom stereocenters. The molecule has 0 bridgehead atoms. The third-order valence-electron chi connectivity index (χ3n) is 7.78. The summed E-state index contributed by atoms with van der Waals surface area (Å²) in [6.07, 6.45) is 0. The van der Waals surface area contributed by atoms with Gasteiger partial charge >= 0.3 is 0 Å². The Morgan fingerprint density at radius 3 is 2.37 bits per heavy atom. The number of hydrogen-bond acceptors (Lipinski definition) is 6. The zero-order valence-electron chi connectivity index (χ0n) is 20.8. The van der Waals surface area contributed by atoms with Crippen LogP contribution in [0.25, 0.3) is 0 Å². The molecule has 0 saturated carbocycles. The van der Waals surface area contributed by atoms with Gasteiger partial charge in [0.25, 0.3) is 5.91 Å². The van der Waals surface area contributed by atoms with Gasteiger partial charge in [-0.05, 0) is 71.0 Å². The predicted molar refractivity (Wildman–Crippen MR) is 150 cm³/mol. The van der Waals surface area contributed by atoms with Crippen LogP contribution in [0.2, 0.25) is 0 Å². The molecule has 3 aromatic rings. The summed E-state index contributed by atoms with van der Waals surface area (Å²) in [6.45, 7) is 0.212. The smallest absolute Gasteiger partial charge is 0.251 e. The van der Waals surface area contributed by atoms with Crippen LogP contribution in [0.4, 0.5) is 11.4 Å². The number of aliphatic hydroxyl groups is 1. The number of nitrogens with zero attached hydrogens (tertiary/aromatic N) is 1. The molecular formula is C28H25Br2N3O5. The number of ketones is 1. The minimum Gasteiger partial charge on any atom is -0.497 e. The van der Waals surface area contributed by atoms with Crippen LogP contribution in [0.15, 0.2) is 69.6 Å². The summed E-state index contributed by atoms with van der Waals surface area (Å²) in [5.41, 5.74) is 0.0164. The van der Waals surface area contributed by atoms with Crippen molar-refractivity contribution in [2.45, 2.75) is 11.0 Å². The van der Waals surface area contributed by atoms with Crippen molar-refractivity contribution in [2.75, 3.05) is 38.4 Å². The van der Waals surface area contributed by atoms with Crippen LogP contribution in [0, 0.1) is 5.92 Å². The van der Waals surface area contributed by atoms with Crippen molar-refractivity contribution in [3.8, 4) is 5.75 Å². The number of benzene rings is 3. The second-order valence-corrected chi connectivity index (χ2v) is 11.1. The molecule has 38 heavy (non-hydrogen) atoms. The molecule has 3 heterocycles. The fourth-order valence-corrected chi connectivity index (χ4v) is 7.73. The monoisotopic (exact) mass is 641 g/mol. The van der Waals surface area contributed by atoms with E-state index in [4.69, 9.17) is 9.84 Å². The van der Waals surface area contributed by atoms with E-state index in [0.29, 0.717) is 38.3 Å². The van der Waals surface area contributed by atoms with Gasteiger partial charge in [-0.2, -0.15) is 0 Å². The second kappa shape index (κ2) is 9.60. The average molecular weight is 643 g/mol. The molecule has 3 aromatic carbocycles. The largest absolute Gasteiger partial charge is 0.497 e. The number of aliphatic hydroxyl groups excluding tert-OH is 1. The van der Waals surface area contributed by atoms with Gasteiger partial charge in [0.2, 0.25) is 5.91 Å². The number of likely N-dealkylation sites (N-methyl/N-ethyl adjacent to an activating group) is 1. The molecule has 6 rings (SSSR count). The lowest BCUT2D eigenvalue weighted by atomic mass is 9.58. The van der Waals surface area contributed by atoms with Crippen LogP contribution in [0.1, 0.15) is 21.5 Å². The fraction of sp³-hybridized carbons (Fsp3) is 0.250. The van der Waals surface area contributed by atoms with E-state index in [-0.39, 0.29) is 24.1 Å². The molecule has 196 valence electrons. The highest BCUT2D eigenvalue weighted by atomic mass is 79.9. The number of amides is 2. The molecule has 8 nitrogen and oxygen atoms in total. The first-order valence-electron chi connectivity index (χ1n) is 11.8. The molecule has 3 aliphatic rings. The third-order valence-corrected chi connectivity index (χ3v) is 8.87. The number of hydrogen-bond donors (Lipinski definition) is 3. The molecule has 1 fully saturated rings. The van der Waals surface area contributed by atoms with Crippen molar-refractivity contribution in [3.05, 3.63) is 86.3 Å². The quantitative estimate of drug-likeness (QED) is 0.368. The number of para-hydroxylation sites is 1. The lowest BCUT2D eigenvalue weighted by molar-refractivity contribution is -0.136. The van der Waals surface area contributed by atoms with Gasteiger partial charge in [-0.15, -0.1) is 0 Å². The zero-order chi connectivity index (χ0) is 27.4. The number of anilines is 2. The number of methoxy groups -OCH3 is 1. The number of likely N-dealkylation sites (tertiary alicyclic amines) is 1. The molecule has 10 heteroatoms. The summed E-state index contributed by atoms with van der Waals surface area (Å²) in [6, 6.07) is 17.9. The number of halogens is 2. The van der Waals surface area contributed by atoms with Crippen LogP contribution < -0.4 is 15.4 Å². The van der Waals surface area contributed by atoms with Crippen molar-refractivity contribution in [1.82, 2.24) is 4.90 Å². The number of rotatable bonds is 3. The molecule has 0 aliphatic carbocycles. The number of nitrogens with one attached hydrogen (secondary N) is 2. The van der Waals surface area contributed by atoms with E-state index < -0.39 is 16.9 Å². The van der Waals surface area contributed by atoms with E-state index in [1.54, 1.807) is 38.4 Å². The van der Waals surface area contributed by atoms with E-state index in [0.717, 1.165) is 11.6 Å². The Bertz CT molecular complexity index is 1480. The lowest BCUT2D eigenvalue weighted by Crippen LogP contribution is -2.61. The van der Waals surface area contributed by atoms with E-state index in [2.05, 4.69) is 42.5 Å². The van der Waals surface area contributed by atoms with Crippen LogP contribution in [0.3, 0.4) is 0 Å². The Kier molecular flexibility index (Phi) is 6.71. The molecule has 0 aromatic heterocycles. The molecule has 1 saturated heterocycles. The van der Waals surface area contributed by atoms with Crippen molar-refractivity contribution in [1.29, 1.82) is 0 Å². The van der Waals surface area contributed by atoms with Gasteiger partial charge in [-0.25, -0.2) is 0 Å². The van der Waals surface area contributed by atoms with E-state index in [9.17, 15) is 14.4 Å². The Hall–Kier alpha value is -3.05. The summed E-state index contributed by atoms with van der Waals surface area (Å²) >= 11 is 7.13. The summed E-state index contributed by atoms with van der Waals surface area (Å²) in [4.78, 5) is 44.4. The molecule has 3 aliphatic heterocycles. The fourth-order valence-electron chi connectivity index (χ4n) is 6.40. The van der Waals surface area contributed by atoms with Gasteiger partial charge in [0.05, 0.1) is 18.7 Å². The summed E-state index contributed by atoms with van der Waals surface area (Å²) in [7, 11) is 4.37. The van der Waals surface area contributed by atoms with Gasteiger partial charge < -0.3 is 20.5 Å². The Labute approximate surface area is 236 Å². The number of carbonyl (C=O) groups is 3. The van der Waals surface area contributed by atoms with Crippen molar-refractivity contribution in [2.24, 2.45) is 5.92 Å². The van der Waals surface area contributed by atoms with Crippen molar-refractivity contribution >= 4 is 60.8 Å². The predicted octanol–water partition coefficient (Wildman–Crippen LogP) is 4.31. The first-order valence-corrected chi connectivity index (χ1v) is 13.4. The number of ether oxygens (including phenoxy) is 1. The second-order valence-electron chi connectivity index (χ2n) is 9.31. The number of fused-ring (bicyclic) bond motifs is 5. The van der Waals surface area contributed by atoms with E-state index >= 15 is 0 Å². The third kappa shape index (κ3) is 3.30. The van der Waals surface area contributed by atoms with Crippen LogP contribution in [-0.2, 0) is 20.5 Å². The topological polar surface area (TPSA) is 108 Å². The van der Waals surface area contributed by atoms with Crippen LogP contribution >= 0.6 is 31.9 Å².